The molecule has 5 heteroatoms. The van der Waals surface area contributed by atoms with Gasteiger partial charge < -0.3 is 14.1 Å². The monoisotopic (exact) mass is 265 g/mol. The van der Waals surface area contributed by atoms with Gasteiger partial charge in [0.2, 0.25) is 0 Å². The molecule has 2 rings (SSSR count). The highest BCUT2D eigenvalue weighted by atomic mass is 16.5. The van der Waals surface area contributed by atoms with Crippen molar-refractivity contribution in [3.63, 3.8) is 0 Å². The maximum atomic E-state index is 12.2. The molecule has 0 spiro atoms. The van der Waals surface area contributed by atoms with Gasteiger partial charge in [0.25, 0.3) is 5.91 Å². The molecule has 1 fully saturated rings. The smallest absolute Gasteiger partial charge is 0.341 e. The predicted octanol–water partition coefficient (Wildman–Crippen LogP) is 2.33. The van der Waals surface area contributed by atoms with Gasteiger partial charge in [-0.25, -0.2) is 4.79 Å². The molecule has 1 unspecified atom stereocenters. The Kier molecular flexibility index (Phi) is 3.93. The van der Waals surface area contributed by atoms with Crippen molar-refractivity contribution in [3.05, 3.63) is 23.7 Å². The molecule has 1 aromatic rings. The normalized spacial score (nSPS) is 16.6. The molecule has 1 aliphatic rings. The van der Waals surface area contributed by atoms with Gasteiger partial charge in [0.1, 0.15) is 6.26 Å². The maximum Gasteiger partial charge on any atom is 0.341 e. The molecular formula is C14H19NO4. The van der Waals surface area contributed by atoms with Crippen molar-refractivity contribution in [1.29, 1.82) is 0 Å². The number of methoxy groups -OCH3 is 1. The first-order chi connectivity index (χ1) is 9.04. The second kappa shape index (κ2) is 5.47. The second-order valence-corrected chi connectivity index (χ2v) is 5.04. The number of rotatable bonds is 4. The van der Waals surface area contributed by atoms with Gasteiger partial charge in [-0.3, -0.25) is 4.79 Å². The highest BCUT2D eigenvalue weighted by molar-refractivity contribution is 5.96. The van der Waals surface area contributed by atoms with Crippen molar-refractivity contribution < 1.29 is 18.7 Å². The van der Waals surface area contributed by atoms with Gasteiger partial charge in [0.05, 0.1) is 12.7 Å². The summed E-state index contributed by atoms with van der Waals surface area (Å²) in [6.07, 6.45) is 4.83. The fraction of sp³-hybridized carbons (Fsp3) is 0.571. The van der Waals surface area contributed by atoms with Gasteiger partial charge in [-0.1, -0.05) is 6.42 Å². The molecule has 19 heavy (non-hydrogen) atoms. The number of hydrogen-bond donors (Lipinski definition) is 0. The first-order valence-electron chi connectivity index (χ1n) is 6.48. The fourth-order valence-electron chi connectivity index (χ4n) is 2.27. The van der Waals surface area contributed by atoms with Gasteiger partial charge in [-0.05, 0) is 25.7 Å². The summed E-state index contributed by atoms with van der Waals surface area (Å²) in [6, 6.07) is 1.62. The van der Waals surface area contributed by atoms with Crippen LogP contribution in [0.1, 0.15) is 47.1 Å². The van der Waals surface area contributed by atoms with E-state index in [1.807, 2.05) is 6.92 Å². The Morgan fingerprint density at radius 1 is 1.47 bits per heavy atom. The summed E-state index contributed by atoms with van der Waals surface area (Å²) in [5.41, 5.74) is 0.260. The van der Waals surface area contributed by atoms with Crippen molar-refractivity contribution in [2.45, 2.75) is 32.2 Å². The molecule has 1 atom stereocenters. The van der Waals surface area contributed by atoms with E-state index in [0.717, 1.165) is 0 Å². The van der Waals surface area contributed by atoms with Crippen LogP contribution in [0.4, 0.5) is 0 Å². The minimum atomic E-state index is -0.502. The maximum absolute atomic E-state index is 12.2. The third-order valence-electron chi connectivity index (χ3n) is 3.99. The summed E-state index contributed by atoms with van der Waals surface area (Å²) in [4.78, 5) is 25.2. The Balaban J connectivity index is 2.06. The topological polar surface area (TPSA) is 59.8 Å². The average Bonchev–Trinajstić information content (AvgIpc) is 2.83. The van der Waals surface area contributed by atoms with Gasteiger partial charge >= 0.3 is 5.97 Å². The van der Waals surface area contributed by atoms with Crippen molar-refractivity contribution in [2.24, 2.45) is 5.92 Å². The van der Waals surface area contributed by atoms with E-state index in [1.54, 1.807) is 11.9 Å². The van der Waals surface area contributed by atoms with Crippen LogP contribution in [0.25, 0.3) is 0 Å². The number of hydrogen-bond acceptors (Lipinski definition) is 4. The Bertz CT molecular complexity index is 476. The van der Waals surface area contributed by atoms with Gasteiger partial charge in [0.15, 0.2) is 5.76 Å². The molecule has 0 radical (unpaired) electrons. The Morgan fingerprint density at radius 3 is 2.68 bits per heavy atom. The third kappa shape index (κ3) is 2.64. The van der Waals surface area contributed by atoms with E-state index >= 15 is 0 Å². The summed E-state index contributed by atoms with van der Waals surface area (Å²) in [7, 11) is 3.06. The van der Waals surface area contributed by atoms with Gasteiger partial charge in [0, 0.05) is 19.2 Å². The zero-order chi connectivity index (χ0) is 14.0. The Labute approximate surface area is 112 Å². The van der Waals surface area contributed by atoms with Crippen molar-refractivity contribution in [2.75, 3.05) is 14.2 Å². The van der Waals surface area contributed by atoms with Crippen LogP contribution in [0.2, 0.25) is 0 Å². The summed E-state index contributed by atoms with van der Waals surface area (Å²) >= 11 is 0. The molecule has 0 aliphatic heterocycles. The third-order valence-corrected chi connectivity index (χ3v) is 3.99. The lowest BCUT2D eigenvalue weighted by molar-refractivity contribution is 0.0592. The lowest BCUT2D eigenvalue weighted by Gasteiger charge is -2.36. The van der Waals surface area contributed by atoms with E-state index in [-0.39, 0.29) is 23.3 Å². The van der Waals surface area contributed by atoms with E-state index in [9.17, 15) is 9.59 Å². The molecular weight excluding hydrogens is 246 g/mol. The number of nitrogens with zero attached hydrogens (tertiary/aromatic N) is 1. The molecule has 104 valence electrons. The largest absolute Gasteiger partial charge is 0.465 e. The number of ether oxygens (including phenoxy) is 1. The zero-order valence-electron chi connectivity index (χ0n) is 11.5. The summed E-state index contributed by atoms with van der Waals surface area (Å²) in [6.45, 7) is 2.05. The highest BCUT2D eigenvalue weighted by Crippen LogP contribution is 2.32. The molecule has 0 saturated heterocycles. The number of carbonyl (C=O) groups is 2. The first-order valence-corrected chi connectivity index (χ1v) is 6.48. The Morgan fingerprint density at radius 2 is 2.16 bits per heavy atom. The predicted molar refractivity (Wildman–Crippen MR) is 68.9 cm³/mol. The van der Waals surface area contributed by atoms with E-state index in [2.05, 4.69) is 4.74 Å². The van der Waals surface area contributed by atoms with Crippen LogP contribution in [0.3, 0.4) is 0 Å². The molecule has 1 aromatic heterocycles. The van der Waals surface area contributed by atoms with Crippen LogP contribution in [0.15, 0.2) is 16.7 Å². The minimum Gasteiger partial charge on any atom is -0.465 e. The molecule has 1 saturated carbocycles. The second-order valence-electron chi connectivity index (χ2n) is 5.04. The summed E-state index contributed by atoms with van der Waals surface area (Å²) < 4.78 is 9.74. The van der Waals surface area contributed by atoms with Crippen LogP contribution >= 0.6 is 0 Å². The van der Waals surface area contributed by atoms with Crippen LogP contribution in [-0.4, -0.2) is 37.0 Å². The quantitative estimate of drug-likeness (QED) is 0.784. The summed E-state index contributed by atoms with van der Waals surface area (Å²) in [5.74, 6) is 0.0464. The van der Waals surface area contributed by atoms with Crippen molar-refractivity contribution in [1.82, 2.24) is 4.90 Å². The molecule has 1 heterocycles. The molecule has 0 N–H and O–H groups in total. The van der Waals surface area contributed by atoms with Crippen LogP contribution in [0, 0.1) is 5.92 Å². The Hall–Kier alpha value is -1.78. The molecule has 1 amide bonds. The van der Waals surface area contributed by atoms with E-state index in [4.69, 9.17) is 4.42 Å². The lowest BCUT2D eigenvalue weighted by atomic mass is 9.80. The van der Waals surface area contributed by atoms with Crippen molar-refractivity contribution >= 4 is 11.9 Å². The van der Waals surface area contributed by atoms with E-state index in [0.29, 0.717) is 5.92 Å². The number of carbonyl (C=O) groups excluding carboxylic acids is 2. The van der Waals surface area contributed by atoms with Gasteiger partial charge in [-0.15, -0.1) is 0 Å². The fourth-order valence-corrected chi connectivity index (χ4v) is 2.27. The summed E-state index contributed by atoms with van der Waals surface area (Å²) in [5, 5.41) is 0. The minimum absolute atomic E-state index is 0.175. The average molecular weight is 265 g/mol. The van der Waals surface area contributed by atoms with Crippen LogP contribution < -0.4 is 0 Å². The van der Waals surface area contributed by atoms with E-state index < -0.39 is 5.97 Å². The number of amides is 1. The zero-order valence-corrected chi connectivity index (χ0v) is 11.5. The molecule has 0 aromatic carbocycles. The molecule has 0 bridgehead atoms. The SMILES string of the molecule is COC(=O)c1coc(C(=O)N(C)C(C)C2CCC2)c1. The lowest BCUT2D eigenvalue weighted by Crippen LogP contribution is -2.42. The number of esters is 1. The van der Waals surface area contributed by atoms with Crippen LogP contribution in [0.5, 0.6) is 0 Å². The van der Waals surface area contributed by atoms with Crippen molar-refractivity contribution in [3.8, 4) is 0 Å². The molecule has 5 nitrogen and oxygen atoms in total. The standard InChI is InChI=1S/C14H19NO4/c1-9(10-5-4-6-10)15(2)13(16)12-7-11(8-19-12)14(17)18-3/h7-10H,4-6H2,1-3H3. The first kappa shape index (κ1) is 13.6. The van der Waals surface area contributed by atoms with Crippen LogP contribution in [-0.2, 0) is 4.74 Å². The molecule has 1 aliphatic carbocycles. The van der Waals surface area contributed by atoms with Gasteiger partial charge in [-0.2, -0.15) is 0 Å². The van der Waals surface area contributed by atoms with E-state index in [1.165, 1.54) is 38.7 Å². The number of furan rings is 1. The highest BCUT2D eigenvalue weighted by Gasteiger charge is 2.30.